The normalized spacial score (nSPS) is 14.7. The smallest absolute Gasteiger partial charge is 0.223 e. The number of anilines is 1. The molecule has 34 heavy (non-hydrogen) atoms. The number of rotatable bonds is 7. The zero-order valence-electron chi connectivity index (χ0n) is 19.8. The molecule has 4 aromatic rings. The molecule has 0 aliphatic carbocycles. The van der Waals surface area contributed by atoms with Gasteiger partial charge in [0, 0.05) is 52.6 Å². The lowest BCUT2D eigenvalue weighted by Crippen LogP contribution is -2.39. The lowest BCUT2D eigenvalue weighted by Gasteiger charge is -2.27. The molecular weight excluding hydrogens is 432 g/mol. The minimum absolute atomic E-state index is 0.117. The van der Waals surface area contributed by atoms with Crippen LogP contribution in [0.15, 0.2) is 30.6 Å². The van der Waals surface area contributed by atoms with Crippen LogP contribution in [0.25, 0.3) is 33.5 Å². The monoisotopic (exact) mass is 462 g/mol. The van der Waals surface area contributed by atoms with Crippen molar-refractivity contribution in [1.29, 1.82) is 0 Å². The van der Waals surface area contributed by atoms with E-state index in [2.05, 4.69) is 26.3 Å². The summed E-state index contributed by atoms with van der Waals surface area (Å²) in [5.74, 6) is 0.849. The number of carbonyl (C=O) groups is 1. The average molecular weight is 463 g/mol. The Bertz CT molecular complexity index is 1320. The molecular formula is C24H30N8O2. The lowest BCUT2D eigenvalue weighted by molar-refractivity contribution is -0.131. The molecule has 0 bridgehead atoms. The first-order valence-corrected chi connectivity index (χ1v) is 11.6. The van der Waals surface area contributed by atoms with Gasteiger partial charge >= 0.3 is 0 Å². The van der Waals surface area contributed by atoms with Crippen LogP contribution in [0.4, 0.5) is 5.82 Å². The summed E-state index contributed by atoms with van der Waals surface area (Å²) in [5.41, 5.74) is 5.15. The van der Waals surface area contributed by atoms with Crippen molar-refractivity contribution in [2.75, 3.05) is 52.3 Å². The van der Waals surface area contributed by atoms with Crippen molar-refractivity contribution in [2.24, 2.45) is 7.05 Å². The predicted octanol–water partition coefficient (Wildman–Crippen LogP) is 2.23. The number of H-pyrrole nitrogens is 1. The maximum atomic E-state index is 12.7. The minimum Gasteiger partial charge on any atom is -0.379 e. The number of nitrogens with zero attached hydrogens (tertiary/aromatic N) is 6. The van der Waals surface area contributed by atoms with E-state index in [4.69, 9.17) is 14.7 Å². The fourth-order valence-electron chi connectivity index (χ4n) is 4.43. The summed E-state index contributed by atoms with van der Waals surface area (Å²) >= 11 is 0. The van der Waals surface area contributed by atoms with Gasteiger partial charge in [-0.25, -0.2) is 15.0 Å². The zero-order chi connectivity index (χ0) is 23.7. The molecule has 10 heteroatoms. The van der Waals surface area contributed by atoms with Crippen molar-refractivity contribution in [3.63, 3.8) is 0 Å². The molecule has 0 atom stereocenters. The molecule has 1 fully saturated rings. The topological polar surface area (TPSA) is 104 Å². The molecule has 0 aromatic carbocycles. The third-order valence-electron chi connectivity index (χ3n) is 6.33. The summed E-state index contributed by atoms with van der Waals surface area (Å²) in [6.07, 6.45) is 2.29. The Labute approximate surface area is 197 Å². The van der Waals surface area contributed by atoms with Crippen molar-refractivity contribution < 1.29 is 9.53 Å². The van der Waals surface area contributed by atoms with Gasteiger partial charge in [0.15, 0.2) is 5.82 Å². The van der Waals surface area contributed by atoms with E-state index < -0.39 is 0 Å². The maximum Gasteiger partial charge on any atom is 0.223 e. The second-order valence-electron chi connectivity index (χ2n) is 8.68. The molecule has 1 aliphatic heterocycles. The summed E-state index contributed by atoms with van der Waals surface area (Å²) in [7, 11) is 5.66. The number of ether oxygens (including phenoxy) is 1. The first-order valence-electron chi connectivity index (χ1n) is 11.6. The van der Waals surface area contributed by atoms with Crippen molar-refractivity contribution >= 4 is 33.8 Å². The number of aromatic nitrogens is 5. The lowest BCUT2D eigenvalue weighted by atomic mass is 10.2. The van der Waals surface area contributed by atoms with Crippen LogP contribution in [-0.2, 0) is 23.1 Å². The van der Waals surface area contributed by atoms with E-state index in [0.29, 0.717) is 13.0 Å². The van der Waals surface area contributed by atoms with Crippen LogP contribution in [0, 0.1) is 0 Å². The van der Waals surface area contributed by atoms with Gasteiger partial charge < -0.3 is 24.5 Å². The Balaban J connectivity index is 1.34. The van der Waals surface area contributed by atoms with E-state index in [1.54, 1.807) is 11.2 Å². The quantitative estimate of drug-likeness (QED) is 0.434. The molecule has 0 unspecified atom stereocenters. The van der Waals surface area contributed by atoms with Crippen LogP contribution < -0.4 is 5.32 Å². The Morgan fingerprint density at radius 1 is 1.26 bits per heavy atom. The second-order valence-corrected chi connectivity index (χ2v) is 8.68. The van der Waals surface area contributed by atoms with Gasteiger partial charge in [0.05, 0.1) is 48.7 Å². The van der Waals surface area contributed by atoms with Crippen LogP contribution in [0.3, 0.4) is 0 Å². The average Bonchev–Trinajstić information content (AvgIpc) is 3.46. The van der Waals surface area contributed by atoms with Crippen LogP contribution in [0.2, 0.25) is 0 Å². The molecule has 5 heterocycles. The number of hydrogen-bond acceptors (Lipinski definition) is 7. The number of imidazole rings is 1. The first kappa shape index (κ1) is 22.3. The Morgan fingerprint density at radius 2 is 2.09 bits per heavy atom. The zero-order valence-corrected chi connectivity index (χ0v) is 19.8. The van der Waals surface area contributed by atoms with Crippen molar-refractivity contribution in [1.82, 2.24) is 34.3 Å². The molecule has 0 saturated carbocycles. The standard InChI is InChI=1S/C24H30N8O2/c1-25-24-21-22(31(3)15-26-21)17-13-19(28-23(17)29-24)18-6-4-5-16(27-18)14-30(2)20(33)7-8-32-9-11-34-12-10-32/h4-6,13,15H,7-12,14H2,1-3H3,(H2,25,28,29). The van der Waals surface area contributed by atoms with Crippen LogP contribution in [0.5, 0.6) is 0 Å². The third-order valence-corrected chi connectivity index (χ3v) is 6.33. The highest BCUT2D eigenvalue weighted by Gasteiger charge is 2.17. The fourth-order valence-corrected chi connectivity index (χ4v) is 4.43. The molecule has 5 rings (SSSR count). The molecule has 0 radical (unpaired) electrons. The number of aromatic amines is 1. The van der Waals surface area contributed by atoms with Crippen LogP contribution >= 0.6 is 0 Å². The highest BCUT2D eigenvalue weighted by Crippen LogP contribution is 2.31. The third kappa shape index (κ3) is 4.34. The summed E-state index contributed by atoms with van der Waals surface area (Å²) in [4.78, 5) is 34.1. The van der Waals surface area contributed by atoms with Crippen LogP contribution in [-0.4, -0.2) is 87.2 Å². The van der Waals surface area contributed by atoms with E-state index in [1.165, 1.54) is 0 Å². The number of morpholine rings is 1. The minimum atomic E-state index is 0.117. The highest BCUT2D eigenvalue weighted by atomic mass is 16.5. The van der Waals surface area contributed by atoms with Gasteiger partial charge in [0.2, 0.25) is 5.91 Å². The van der Waals surface area contributed by atoms with Gasteiger partial charge in [0.25, 0.3) is 0 Å². The predicted molar refractivity (Wildman–Crippen MR) is 131 cm³/mol. The number of pyridine rings is 2. The number of fused-ring (bicyclic) bond motifs is 3. The van der Waals surface area contributed by atoms with Gasteiger partial charge in [-0.3, -0.25) is 9.69 Å². The summed E-state index contributed by atoms with van der Waals surface area (Å²) in [6.45, 7) is 4.49. The Kier molecular flexibility index (Phi) is 6.16. The Hall–Kier alpha value is -3.50. The van der Waals surface area contributed by atoms with E-state index in [9.17, 15) is 4.79 Å². The number of nitrogens with one attached hydrogen (secondary N) is 2. The van der Waals surface area contributed by atoms with E-state index in [1.807, 2.05) is 43.9 Å². The maximum absolute atomic E-state index is 12.7. The summed E-state index contributed by atoms with van der Waals surface area (Å²) < 4.78 is 7.37. The van der Waals surface area contributed by atoms with Gasteiger partial charge in [-0.15, -0.1) is 0 Å². The van der Waals surface area contributed by atoms with Crippen LogP contribution in [0.1, 0.15) is 12.1 Å². The largest absolute Gasteiger partial charge is 0.379 e. The van der Waals surface area contributed by atoms with E-state index in [-0.39, 0.29) is 5.91 Å². The SMILES string of the molecule is CNc1nc2[nH]c(-c3cccc(CN(C)C(=O)CCN4CCOCC4)n3)cc2c2c1ncn2C. The van der Waals surface area contributed by atoms with Gasteiger partial charge in [0.1, 0.15) is 11.2 Å². The summed E-state index contributed by atoms with van der Waals surface area (Å²) in [6, 6.07) is 7.96. The van der Waals surface area contributed by atoms with Gasteiger partial charge in [-0.05, 0) is 18.2 Å². The number of hydrogen-bond donors (Lipinski definition) is 2. The Morgan fingerprint density at radius 3 is 2.88 bits per heavy atom. The highest BCUT2D eigenvalue weighted by molar-refractivity contribution is 6.07. The molecule has 178 valence electrons. The number of carbonyl (C=O) groups excluding carboxylic acids is 1. The molecule has 1 amide bonds. The van der Waals surface area contributed by atoms with E-state index in [0.717, 1.165) is 77.8 Å². The number of amides is 1. The van der Waals surface area contributed by atoms with Gasteiger partial charge in [-0.1, -0.05) is 6.07 Å². The molecule has 1 saturated heterocycles. The second kappa shape index (κ2) is 9.40. The molecule has 0 spiro atoms. The number of aryl methyl sites for hydroxylation is 1. The van der Waals surface area contributed by atoms with E-state index >= 15 is 0 Å². The van der Waals surface area contributed by atoms with Crippen molar-refractivity contribution in [3.8, 4) is 11.4 Å². The molecule has 1 aliphatic rings. The van der Waals surface area contributed by atoms with Crippen molar-refractivity contribution in [2.45, 2.75) is 13.0 Å². The van der Waals surface area contributed by atoms with Gasteiger partial charge in [-0.2, -0.15) is 0 Å². The molecule has 10 nitrogen and oxygen atoms in total. The fraction of sp³-hybridized carbons (Fsp3) is 0.417. The first-order chi connectivity index (χ1) is 16.5. The molecule has 4 aromatic heterocycles. The van der Waals surface area contributed by atoms with Crippen molar-refractivity contribution in [3.05, 3.63) is 36.3 Å². The molecule has 2 N–H and O–H groups in total. The summed E-state index contributed by atoms with van der Waals surface area (Å²) in [5, 5.41) is 4.12.